The lowest BCUT2D eigenvalue weighted by Gasteiger charge is -2.12. The van der Waals surface area contributed by atoms with E-state index in [-0.39, 0.29) is 22.1 Å². The molecule has 0 aliphatic heterocycles. The molecular formula is C17H20ClN3O5S2. The Labute approximate surface area is 169 Å². The average molecular weight is 446 g/mol. The maximum Gasteiger partial charge on any atom is 0.319 e. The molecule has 8 nitrogen and oxygen atoms in total. The number of urea groups is 1. The fourth-order valence-electron chi connectivity index (χ4n) is 2.16. The number of hydrogen-bond donors (Lipinski definition) is 2. The van der Waals surface area contributed by atoms with Crippen molar-refractivity contribution in [3.63, 3.8) is 0 Å². The number of sulfone groups is 1. The predicted octanol–water partition coefficient (Wildman–Crippen LogP) is 2.19. The lowest BCUT2D eigenvalue weighted by atomic mass is 10.3. The summed E-state index contributed by atoms with van der Waals surface area (Å²) >= 11 is 5.74. The Morgan fingerprint density at radius 3 is 2.00 bits per heavy atom. The number of anilines is 1. The predicted molar refractivity (Wildman–Crippen MR) is 108 cm³/mol. The molecule has 2 amide bonds. The van der Waals surface area contributed by atoms with Crippen LogP contribution in [0.4, 0.5) is 10.5 Å². The molecule has 0 aliphatic carbocycles. The molecule has 11 heteroatoms. The molecule has 0 unspecified atom stereocenters. The molecule has 2 rings (SSSR count). The Balaban J connectivity index is 1.90. The normalized spacial score (nSPS) is 12.0. The van der Waals surface area contributed by atoms with Gasteiger partial charge in [-0.2, -0.15) is 0 Å². The molecule has 0 aromatic heterocycles. The van der Waals surface area contributed by atoms with Gasteiger partial charge in [-0.15, -0.1) is 0 Å². The SMILES string of the molecule is CN(C)S(=O)(=O)c1ccc(NC(=O)NCCS(=O)(=O)c2ccc(Cl)cc2)cc1. The van der Waals surface area contributed by atoms with Crippen molar-refractivity contribution in [1.29, 1.82) is 0 Å². The number of rotatable bonds is 7. The number of sulfonamides is 1. The van der Waals surface area contributed by atoms with E-state index in [0.29, 0.717) is 10.7 Å². The van der Waals surface area contributed by atoms with Crippen LogP contribution in [0.15, 0.2) is 58.3 Å². The zero-order valence-electron chi connectivity index (χ0n) is 15.2. The molecule has 2 aromatic rings. The second-order valence-electron chi connectivity index (χ2n) is 5.97. The molecule has 28 heavy (non-hydrogen) atoms. The third-order valence-corrected chi connectivity index (χ3v) is 7.53. The molecule has 2 N–H and O–H groups in total. The first-order chi connectivity index (χ1) is 13.0. The van der Waals surface area contributed by atoms with Crippen LogP contribution >= 0.6 is 11.6 Å². The first kappa shape index (κ1) is 22.2. The number of benzene rings is 2. The van der Waals surface area contributed by atoms with Gasteiger partial charge in [0.1, 0.15) is 0 Å². The second kappa shape index (κ2) is 8.91. The van der Waals surface area contributed by atoms with Crippen LogP contribution in [-0.2, 0) is 19.9 Å². The van der Waals surface area contributed by atoms with Crippen LogP contribution in [0, 0.1) is 0 Å². The van der Waals surface area contributed by atoms with E-state index in [0.717, 1.165) is 4.31 Å². The van der Waals surface area contributed by atoms with Crippen molar-refractivity contribution in [3.05, 3.63) is 53.6 Å². The van der Waals surface area contributed by atoms with E-state index in [1.165, 1.54) is 62.6 Å². The van der Waals surface area contributed by atoms with E-state index >= 15 is 0 Å². The third-order valence-electron chi connectivity index (χ3n) is 3.72. The summed E-state index contributed by atoms with van der Waals surface area (Å²) in [7, 11) is -4.25. The van der Waals surface area contributed by atoms with E-state index in [9.17, 15) is 21.6 Å². The van der Waals surface area contributed by atoms with Gasteiger partial charge in [-0.3, -0.25) is 0 Å². The minimum absolute atomic E-state index is 0.0934. The van der Waals surface area contributed by atoms with Crippen LogP contribution in [0.2, 0.25) is 5.02 Å². The summed E-state index contributed by atoms with van der Waals surface area (Å²) < 4.78 is 49.5. The maximum atomic E-state index is 12.2. The number of carbonyl (C=O) groups excluding carboxylic acids is 1. The highest BCUT2D eigenvalue weighted by molar-refractivity contribution is 7.91. The van der Waals surface area contributed by atoms with Crippen LogP contribution in [0.25, 0.3) is 0 Å². The van der Waals surface area contributed by atoms with Crippen LogP contribution in [0.3, 0.4) is 0 Å². The van der Waals surface area contributed by atoms with Crippen molar-refractivity contribution in [2.24, 2.45) is 0 Å². The van der Waals surface area contributed by atoms with Crippen molar-refractivity contribution in [1.82, 2.24) is 9.62 Å². The molecule has 0 fully saturated rings. The summed E-state index contributed by atoms with van der Waals surface area (Å²) in [6.45, 7) is -0.0934. The lowest BCUT2D eigenvalue weighted by Crippen LogP contribution is -2.32. The zero-order chi connectivity index (χ0) is 20.9. The van der Waals surface area contributed by atoms with Crippen molar-refractivity contribution in [2.75, 3.05) is 31.7 Å². The van der Waals surface area contributed by atoms with Crippen LogP contribution in [0.5, 0.6) is 0 Å². The summed E-state index contributed by atoms with van der Waals surface area (Å²) in [5.74, 6) is -0.276. The van der Waals surface area contributed by atoms with E-state index in [4.69, 9.17) is 11.6 Å². The minimum Gasteiger partial charge on any atom is -0.337 e. The van der Waals surface area contributed by atoms with E-state index < -0.39 is 25.9 Å². The molecule has 0 saturated heterocycles. The summed E-state index contributed by atoms with van der Waals surface area (Å²) in [4.78, 5) is 12.1. The Kier molecular flexibility index (Phi) is 7.05. The molecule has 0 bridgehead atoms. The highest BCUT2D eigenvalue weighted by Crippen LogP contribution is 2.17. The number of nitrogens with zero attached hydrogens (tertiary/aromatic N) is 1. The first-order valence-electron chi connectivity index (χ1n) is 8.08. The summed E-state index contributed by atoms with van der Waals surface area (Å²) in [6, 6.07) is 10.8. The molecular weight excluding hydrogens is 426 g/mol. The van der Waals surface area contributed by atoms with Gasteiger partial charge in [-0.05, 0) is 48.5 Å². The lowest BCUT2D eigenvalue weighted by molar-refractivity contribution is 0.252. The number of carbonyl (C=O) groups is 1. The smallest absolute Gasteiger partial charge is 0.319 e. The van der Waals surface area contributed by atoms with Gasteiger partial charge in [0.25, 0.3) is 0 Å². The van der Waals surface area contributed by atoms with Crippen LogP contribution < -0.4 is 10.6 Å². The highest BCUT2D eigenvalue weighted by Gasteiger charge is 2.17. The Bertz CT molecular complexity index is 1040. The van der Waals surface area contributed by atoms with Gasteiger partial charge in [0.15, 0.2) is 9.84 Å². The summed E-state index contributed by atoms with van der Waals surface area (Å²) in [5.41, 5.74) is 0.371. The molecule has 0 aliphatic rings. The van der Waals surface area contributed by atoms with E-state index in [2.05, 4.69) is 10.6 Å². The van der Waals surface area contributed by atoms with Crippen LogP contribution in [0.1, 0.15) is 0 Å². The minimum atomic E-state index is -3.55. The molecule has 2 aromatic carbocycles. The Hall–Kier alpha value is -2.14. The van der Waals surface area contributed by atoms with Gasteiger partial charge in [0, 0.05) is 31.4 Å². The van der Waals surface area contributed by atoms with Crippen molar-refractivity contribution in [2.45, 2.75) is 9.79 Å². The van der Waals surface area contributed by atoms with Gasteiger partial charge in [-0.1, -0.05) is 11.6 Å². The van der Waals surface area contributed by atoms with Crippen molar-refractivity contribution < 1.29 is 21.6 Å². The fraction of sp³-hybridized carbons (Fsp3) is 0.235. The average Bonchev–Trinajstić information content (AvgIpc) is 2.62. The molecule has 152 valence electrons. The number of nitrogens with one attached hydrogen (secondary N) is 2. The second-order valence-corrected chi connectivity index (χ2v) is 10.7. The molecule has 0 spiro atoms. The first-order valence-corrected chi connectivity index (χ1v) is 11.6. The molecule has 0 heterocycles. The summed E-state index contributed by atoms with van der Waals surface area (Å²) in [5, 5.41) is 5.39. The fourth-order valence-corrected chi connectivity index (χ4v) is 4.34. The summed E-state index contributed by atoms with van der Waals surface area (Å²) in [6.07, 6.45) is 0. The molecule has 0 atom stereocenters. The zero-order valence-corrected chi connectivity index (χ0v) is 17.6. The third kappa shape index (κ3) is 5.68. The quantitative estimate of drug-likeness (QED) is 0.678. The van der Waals surface area contributed by atoms with Gasteiger partial charge >= 0.3 is 6.03 Å². The molecule has 0 radical (unpaired) electrons. The maximum absolute atomic E-state index is 12.2. The van der Waals surface area contributed by atoms with Gasteiger partial charge in [0.2, 0.25) is 10.0 Å². The van der Waals surface area contributed by atoms with Gasteiger partial charge < -0.3 is 10.6 Å². The highest BCUT2D eigenvalue weighted by atomic mass is 35.5. The number of halogens is 1. The monoisotopic (exact) mass is 445 g/mol. The van der Waals surface area contributed by atoms with Crippen molar-refractivity contribution >= 4 is 43.2 Å². The van der Waals surface area contributed by atoms with Crippen molar-refractivity contribution in [3.8, 4) is 0 Å². The van der Waals surface area contributed by atoms with E-state index in [1.54, 1.807) is 0 Å². The van der Waals surface area contributed by atoms with Crippen LogP contribution in [-0.4, -0.2) is 53.6 Å². The number of hydrogen-bond acceptors (Lipinski definition) is 5. The van der Waals surface area contributed by atoms with Gasteiger partial charge in [-0.25, -0.2) is 25.9 Å². The van der Waals surface area contributed by atoms with E-state index in [1.807, 2.05) is 0 Å². The Morgan fingerprint density at radius 1 is 0.929 bits per heavy atom. The topological polar surface area (TPSA) is 113 Å². The standard InChI is InChI=1S/C17H20ClN3O5S2/c1-21(2)28(25,26)16-9-5-14(6-10-16)20-17(22)19-11-12-27(23,24)15-7-3-13(18)4-8-15/h3-10H,11-12H2,1-2H3,(H2,19,20,22). The Morgan fingerprint density at radius 2 is 1.46 bits per heavy atom. The molecule has 0 saturated carbocycles. The van der Waals surface area contributed by atoms with Gasteiger partial charge in [0.05, 0.1) is 15.5 Å². The largest absolute Gasteiger partial charge is 0.337 e. The number of amides is 2.